The fraction of sp³-hybridized carbons (Fsp3) is 0.700. The van der Waals surface area contributed by atoms with Gasteiger partial charge in [0, 0.05) is 24.8 Å². The Balaban J connectivity index is 2.17. The van der Waals surface area contributed by atoms with Crippen LogP contribution in [0.25, 0.3) is 0 Å². The summed E-state index contributed by atoms with van der Waals surface area (Å²) in [4.78, 5) is 2.38. The smallest absolute Gasteiger partial charge is 0.200 e. The summed E-state index contributed by atoms with van der Waals surface area (Å²) < 4.78 is 12.5. The molecule has 0 radical (unpaired) electrons. The standard InChI is InChI=1S/C20H36N2O2Si/c1-14(2)25(15(3)4,16(5)6)24-18-10-11-22(13-18)19-9-8-17(21)12-20(19)23-7/h8-9,12,14-16,18H,10-11,13,21H2,1-7H3/t18-/m0/s1. The minimum absolute atomic E-state index is 0.307. The molecule has 1 aliphatic rings. The average molecular weight is 365 g/mol. The summed E-state index contributed by atoms with van der Waals surface area (Å²) >= 11 is 0. The molecule has 2 N–H and O–H groups in total. The second-order valence-electron chi connectivity index (χ2n) is 8.22. The van der Waals surface area contributed by atoms with Crippen LogP contribution >= 0.6 is 0 Å². The summed E-state index contributed by atoms with van der Waals surface area (Å²) in [6, 6.07) is 5.91. The van der Waals surface area contributed by atoms with Gasteiger partial charge in [0.25, 0.3) is 0 Å². The van der Waals surface area contributed by atoms with Crippen molar-refractivity contribution in [2.45, 2.75) is 70.7 Å². The molecule has 1 aliphatic heterocycles. The molecular formula is C20H36N2O2Si. The first-order chi connectivity index (χ1) is 11.7. The summed E-state index contributed by atoms with van der Waals surface area (Å²) in [5.74, 6) is 0.848. The Hall–Kier alpha value is -1.20. The third kappa shape index (κ3) is 3.98. The SMILES string of the molecule is COc1cc(N)ccc1N1CC[C@H](O[Si](C(C)C)(C(C)C)C(C)C)C1. The van der Waals surface area contributed by atoms with Crippen LogP contribution in [0.5, 0.6) is 5.75 Å². The lowest BCUT2D eigenvalue weighted by atomic mass is 10.2. The van der Waals surface area contributed by atoms with Crippen molar-refractivity contribution in [3.63, 3.8) is 0 Å². The molecule has 4 nitrogen and oxygen atoms in total. The van der Waals surface area contributed by atoms with Crippen molar-refractivity contribution in [1.29, 1.82) is 0 Å². The monoisotopic (exact) mass is 364 g/mol. The van der Waals surface area contributed by atoms with Gasteiger partial charge in [-0.05, 0) is 35.2 Å². The van der Waals surface area contributed by atoms with Crippen molar-refractivity contribution in [2.75, 3.05) is 30.8 Å². The molecule has 0 spiro atoms. The molecule has 1 aromatic carbocycles. The van der Waals surface area contributed by atoms with Gasteiger partial charge in [-0.2, -0.15) is 0 Å². The van der Waals surface area contributed by atoms with E-state index < -0.39 is 8.32 Å². The van der Waals surface area contributed by atoms with Crippen LogP contribution in [0.15, 0.2) is 18.2 Å². The van der Waals surface area contributed by atoms with Gasteiger partial charge in [-0.15, -0.1) is 0 Å². The molecule has 1 atom stereocenters. The summed E-state index contributed by atoms with van der Waals surface area (Å²) in [6.07, 6.45) is 1.38. The largest absolute Gasteiger partial charge is 0.495 e. The highest BCUT2D eigenvalue weighted by atomic mass is 28.4. The molecule has 1 aromatic rings. The lowest BCUT2D eigenvalue weighted by Crippen LogP contribution is -2.50. The van der Waals surface area contributed by atoms with Crippen LogP contribution in [-0.2, 0) is 4.43 Å². The lowest BCUT2D eigenvalue weighted by molar-refractivity contribution is 0.194. The maximum absolute atomic E-state index is 6.96. The maximum Gasteiger partial charge on any atom is 0.200 e. The number of nitrogen functional groups attached to an aromatic ring is 1. The molecule has 0 saturated carbocycles. The van der Waals surface area contributed by atoms with Gasteiger partial charge >= 0.3 is 0 Å². The number of benzene rings is 1. The minimum Gasteiger partial charge on any atom is -0.495 e. The summed E-state index contributed by atoms with van der Waals surface area (Å²) in [5, 5.41) is 0. The molecule has 0 unspecified atom stereocenters. The lowest BCUT2D eigenvalue weighted by Gasteiger charge is -2.44. The van der Waals surface area contributed by atoms with Crippen molar-refractivity contribution >= 4 is 19.7 Å². The van der Waals surface area contributed by atoms with E-state index in [9.17, 15) is 0 Å². The molecule has 0 aromatic heterocycles. The Kier molecular flexibility index (Phi) is 6.44. The second-order valence-corrected chi connectivity index (χ2v) is 13.6. The Bertz CT molecular complexity index is 553. The number of nitrogens with zero attached hydrogens (tertiary/aromatic N) is 1. The van der Waals surface area contributed by atoms with E-state index in [1.165, 1.54) is 0 Å². The zero-order valence-electron chi connectivity index (χ0n) is 17.0. The fourth-order valence-corrected chi connectivity index (χ4v) is 10.3. The topological polar surface area (TPSA) is 47.7 Å². The first-order valence-corrected chi connectivity index (χ1v) is 11.7. The maximum atomic E-state index is 6.96. The summed E-state index contributed by atoms with van der Waals surface area (Å²) in [5.41, 5.74) is 9.60. The molecule has 0 aliphatic carbocycles. The van der Waals surface area contributed by atoms with Gasteiger partial charge in [0.2, 0.25) is 8.32 Å². The van der Waals surface area contributed by atoms with E-state index in [0.717, 1.165) is 36.6 Å². The van der Waals surface area contributed by atoms with Crippen LogP contribution in [-0.4, -0.2) is 34.6 Å². The number of anilines is 2. The molecule has 1 fully saturated rings. The molecular weight excluding hydrogens is 328 g/mol. The number of nitrogens with two attached hydrogens (primary N) is 1. The second kappa shape index (κ2) is 8.00. The van der Waals surface area contributed by atoms with Crippen LogP contribution in [0.1, 0.15) is 48.0 Å². The van der Waals surface area contributed by atoms with Gasteiger partial charge in [-0.25, -0.2) is 0 Å². The van der Waals surface area contributed by atoms with Crippen molar-refractivity contribution in [3.05, 3.63) is 18.2 Å². The third-order valence-corrected chi connectivity index (χ3v) is 11.9. The fourth-order valence-electron chi connectivity index (χ4n) is 4.70. The first-order valence-electron chi connectivity index (χ1n) is 9.58. The van der Waals surface area contributed by atoms with Crippen molar-refractivity contribution in [1.82, 2.24) is 0 Å². The molecule has 0 amide bonds. The normalized spacial score (nSPS) is 18.6. The Labute approximate surface area is 154 Å². The van der Waals surface area contributed by atoms with Crippen LogP contribution in [0.3, 0.4) is 0 Å². The number of methoxy groups -OCH3 is 1. The van der Waals surface area contributed by atoms with Crippen LogP contribution < -0.4 is 15.4 Å². The highest BCUT2D eigenvalue weighted by molar-refractivity contribution is 6.77. The number of rotatable bonds is 7. The van der Waals surface area contributed by atoms with Crippen LogP contribution in [0, 0.1) is 0 Å². The molecule has 142 valence electrons. The highest BCUT2D eigenvalue weighted by Gasteiger charge is 2.47. The average Bonchev–Trinajstić information content (AvgIpc) is 2.99. The van der Waals surface area contributed by atoms with E-state index in [1.54, 1.807) is 7.11 Å². The molecule has 1 saturated heterocycles. The van der Waals surface area contributed by atoms with Gasteiger partial charge in [0.05, 0.1) is 18.9 Å². The van der Waals surface area contributed by atoms with Gasteiger partial charge in [-0.1, -0.05) is 41.5 Å². The zero-order valence-corrected chi connectivity index (χ0v) is 18.0. The van der Waals surface area contributed by atoms with Gasteiger partial charge < -0.3 is 19.8 Å². The molecule has 25 heavy (non-hydrogen) atoms. The van der Waals surface area contributed by atoms with Crippen LogP contribution in [0.4, 0.5) is 11.4 Å². The third-order valence-electron chi connectivity index (χ3n) is 5.77. The van der Waals surface area contributed by atoms with Crippen molar-refractivity contribution in [3.8, 4) is 5.75 Å². The molecule has 1 heterocycles. The van der Waals surface area contributed by atoms with E-state index in [1.807, 2.05) is 12.1 Å². The number of hydrogen-bond donors (Lipinski definition) is 1. The van der Waals surface area contributed by atoms with E-state index >= 15 is 0 Å². The minimum atomic E-state index is -1.83. The molecule has 2 rings (SSSR count). The molecule has 0 bridgehead atoms. The quantitative estimate of drug-likeness (QED) is 0.543. The number of ether oxygens (including phenoxy) is 1. The van der Waals surface area contributed by atoms with E-state index in [4.69, 9.17) is 14.9 Å². The summed E-state index contributed by atoms with van der Waals surface area (Å²) in [6.45, 7) is 16.0. The van der Waals surface area contributed by atoms with E-state index in [2.05, 4.69) is 52.5 Å². The predicted molar refractivity (Wildman–Crippen MR) is 110 cm³/mol. The first kappa shape index (κ1) is 20.1. The zero-order chi connectivity index (χ0) is 18.8. The van der Waals surface area contributed by atoms with Gasteiger partial charge in [0.15, 0.2) is 0 Å². The van der Waals surface area contributed by atoms with Gasteiger partial charge in [-0.3, -0.25) is 0 Å². The Morgan fingerprint density at radius 2 is 1.68 bits per heavy atom. The Morgan fingerprint density at radius 1 is 1.08 bits per heavy atom. The molecule has 5 heteroatoms. The van der Waals surface area contributed by atoms with Crippen molar-refractivity contribution < 1.29 is 9.16 Å². The number of hydrogen-bond acceptors (Lipinski definition) is 4. The van der Waals surface area contributed by atoms with Crippen molar-refractivity contribution in [2.24, 2.45) is 0 Å². The van der Waals surface area contributed by atoms with E-state index in [0.29, 0.717) is 22.7 Å². The highest BCUT2D eigenvalue weighted by Crippen LogP contribution is 2.44. The Morgan fingerprint density at radius 3 is 2.20 bits per heavy atom. The summed E-state index contributed by atoms with van der Waals surface area (Å²) in [7, 11) is -0.127. The van der Waals surface area contributed by atoms with Gasteiger partial charge in [0.1, 0.15) is 5.75 Å². The van der Waals surface area contributed by atoms with Crippen LogP contribution in [0.2, 0.25) is 16.6 Å². The predicted octanol–water partition coefficient (Wildman–Crippen LogP) is 5.05. The van der Waals surface area contributed by atoms with E-state index in [-0.39, 0.29) is 0 Å².